The molecule has 0 aliphatic carbocycles. The third-order valence-corrected chi connectivity index (χ3v) is 22.5. The van der Waals surface area contributed by atoms with E-state index < -0.39 is 46.4 Å². The molecule has 1 heterocycles. The van der Waals surface area contributed by atoms with Crippen LogP contribution in [-0.2, 0) is 20.6 Å². The molecule has 1 fully saturated rings. The maximum atomic E-state index is 7.14. The van der Waals surface area contributed by atoms with Crippen LogP contribution in [0.1, 0.15) is 27.8 Å². The van der Waals surface area contributed by atoms with Crippen molar-refractivity contribution >= 4 is 72.4 Å². The maximum absolute atomic E-state index is 7.14. The van der Waals surface area contributed by atoms with Gasteiger partial charge in [-0.15, -0.1) is 0 Å². The summed E-state index contributed by atoms with van der Waals surface area (Å²) in [7, 11) is -12.5. The number of hydrogen-bond acceptors (Lipinski definition) is 5. The van der Waals surface area contributed by atoms with Crippen molar-refractivity contribution in [3.63, 3.8) is 0 Å². The average Bonchev–Trinajstić information content (AvgIpc) is 3.05. The highest BCUT2D eigenvalue weighted by atomic mass is 28.5. The Hall–Kier alpha value is -3.02. The predicted molar refractivity (Wildman–Crippen MR) is 195 cm³/mol. The largest absolute Gasteiger partial charge is 0.413 e. The van der Waals surface area contributed by atoms with Crippen molar-refractivity contribution in [2.24, 2.45) is 0 Å². The fourth-order valence-corrected chi connectivity index (χ4v) is 22.6. The van der Waals surface area contributed by atoms with Crippen LogP contribution in [0, 0.1) is 34.6 Å². The van der Waals surface area contributed by atoms with E-state index in [-0.39, 0.29) is 0 Å². The molecule has 0 unspecified atom stereocenters. The quantitative estimate of drug-likeness (QED) is 0.267. The Balaban J connectivity index is 1.50. The van der Waals surface area contributed by atoms with E-state index in [1.807, 2.05) is 0 Å². The summed E-state index contributed by atoms with van der Waals surface area (Å²) < 4.78 is 35.7. The zero-order chi connectivity index (χ0) is 31.3. The van der Waals surface area contributed by atoms with Gasteiger partial charge in [-0.2, -0.15) is 0 Å². The van der Waals surface area contributed by atoms with Crippen LogP contribution in [0.25, 0.3) is 0 Å². The van der Waals surface area contributed by atoms with Gasteiger partial charge < -0.3 is 20.6 Å². The number of rotatable bonds is 5. The average molecular weight is 681 g/mol. The number of aryl methyl sites for hydroxylation is 5. The van der Waals surface area contributed by atoms with E-state index >= 15 is 0 Å². The van der Waals surface area contributed by atoms with Gasteiger partial charge in [0.25, 0.3) is 0 Å². The third kappa shape index (κ3) is 8.23. The molecule has 0 atom stereocenters. The van der Waals surface area contributed by atoms with Crippen molar-refractivity contribution in [3.05, 3.63) is 149 Å². The summed E-state index contributed by atoms with van der Waals surface area (Å²) in [4.78, 5) is 0. The predicted octanol–water partition coefficient (Wildman–Crippen LogP) is 2.26. The smallest absolute Gasteiger partial charge is 0.338 e. The monoisotopic (exact) mass is 680 g/mol. The molecule has 5 nitrogen and oxygen atoms in total. The summed E-state index contributed by atoms with van der Waals surface area (Å²) in [5, 5.41) is 5.44. The summed E-state index contributed by atoms with van der Waals surface area (Å²) in [6.45, 7) is 10.5. The highest BCUT2D eigenvalue weighted by Gasteiger charge is 2.38. The van der Waals surface area contributed by atoms with E-state index in [9.17, 15) is 0 Å². The van der Waals surface area contributed by atoms with E-state index in [0.29, 0.717) is 0 Å². The first-order valence-corrected chi connectivity index (χ1v) is 23.0. The van der Waals surface area contributed by atoms with Crippen LogP contribution in [0.2, 0.25) is 0 Å². The summed E-state index contributed by atoms with van der Waals surface area (Å²) in [5.41, 5.74) is 6.00. The Labute approximate surface area is 275 Å². The standard InChI is InChI=1S/C35H40O5Si5/c1-26-6-16-31(17-7-26)41-36-42(32-18-8-27(2)9-19-32)38-44(34-22-12-29(4)13-23-34)40-45(35-24-14-30(5)15-25-35)39-43(37-41)33-20-10-28(3)11-21-33/h6-25,41-45H,1-5H3. The molecule has 6 rings (SSSR count). The van der Waals surface area contributed by atoms with Gasteiger partial charge in [-0.05, 0) is 60.6 Å². The van der Waals surface area contributed by atoms with Gasteiger partial charge in [0.1, 0.15) is 0 Å². The van der Waals surface area contributed by atoms with Gasteiger partial charge in [-0.25, -0.2) is 0 Å². The molecule has 0 radical (unpaired) electrons. The lowest BCUT2D eigenvalue weighted by Gasteiger charge is -2.35. The van der Waals surface area contributed by atoms with Crippen LogP contribution in [-0.4, -0.2) is 46.4 Å². The van der Waals surface area contributed by atoms with Gasteiger partial charge in [0, 0.05) is 0 Å². The lowest BCUT2D eigenvalue weighted by molar-refractivity contribution is 0.309. The molecule has 1 saturated heterocycles. The molecule has 0 amide bonds. The van der Waals surface area contributed by atoms with Crippen molar-refractivity contribution in [2.45, 2.75) is 34.6 Å². The Morgan fingerprint density at radius 3 is 0.511 bits per heavy atom. The second-order valence-corrected chi connectivity index (χ2v) is 24.0. The fourth-order valence-electron chi connectivity index (χ4n) is 5.13. The highest BCUT2D eigenvalue weighted by molar-refractivity contribution is 6.87. The molecule has 5 aromatic rings. The zero-order valence-corrected chi connectivity index (χ0v) is 32.2. The van der Waals surface area contributed by atoms with E-state index in [2.05, 4.69) is 156 Å². The Bertz CT molecular complexity index is 1370. The van der Waals surface area contributed by atoms with Crippen molar-refractivity contribution in [1.29, 1.82) is 0 Å². The second-order valence-electron chi connectivity index (χ2n) is 11.9. The van der Waals surface area contributed by atoms with Crippen LogP contribution in [0.5, 0.6) is 0 Å². The maximum Gasteiger partial charge on any atom is 0.338 e. The molecule has 0 N–H and O–H groups in total. The van der Waals surface area contributed by atoms with Crippen LogP contribution in [0.3, 0.4) is 0 Å². The van der Waals surface area contributed by atoms with Crippen LogP contribution >= 0.6 is 0 Å². The summed E-state index contributed by atoms with van der Waals surface area (Å²) >= 11 is 0. The lowest BCUT2D eigenvalue weighted by atomic mass is 10.2. The molecule has 45 heavy (non-hydrogen) atoms. The van der Waals surface area contributed by atoms with E-state index in [4.69, 9.17) is 20.6 Å². The Morgan fingerprint density at radius 2 is 0.378 bits per heavy atom. The van der Waals surface area contributed by atoms with Crippen LogP contribution < -0.4 is 25.9 Å². The second kappa shape index (κ2) is 14.6. The molecular formula is C35H40O5Si5. The summed E-state index contributed by atoms with van der Waals surface area (Å²) in [6, 6.07) is 42.9. The van der Waals surface area contributed by atoms with Crippen molar-refractivity contribution < 1.29 is 20.6 Å². The molecule has 0 bridgehead atoms. The number of hydrogen-bond donors (Lipinski definition) is 0. The van der Waals surface area contributed by atoms with Crippen molar-refractivity contribution in [1.82, 2.24) is 0 Å². The van der Waals surface area contributed by atoms with Gasteiger partial charge >= 0.3 is 46.4 Å². The van der Waals surface area contributed by atoms with Crippen LogP contribution in [0.15, 0.2) is 121 Å². The molecule has 0 saturated carbocycles. The van der Waals surface area contributed by atoms with Crippen molar-refractivity contribution in [2.75, 3.05) is 0 Å². The van der Waals surface area contributed by atoms with Gasteiger partial charge in [0.05, 0.1) is 0 Å². The summed E-state index contributed by atoms with van der Waals surface area (Å²) in [6.07, 6.45) is 0. The highest BCUT2D eigenvalue weighted by Crippen LogP contribution is 2.13. The molecular weight excluding hydrogens is 641 g/mol. The van der Waals surface area contributed by atoms with Crippen molar-refractivity contribution in [3.8, 4) is 0 Å². The van der Waals surface area contributed by atoms with Gasteiger partial charge in [-0.1, -0.05) is 149 Å². The minimum absolute atomic E-state index is 1.09. The van der Waals surface area contributed by atoms with Crippen LogP contribution in [0.4, 0.5) is 0 Å². The van der Waals surface area contributed by atoms with Gasteiger partial charge in [0.15, 0.2) is 0 Å². The normalized spacial score (nSPS) is 22.6. The molecule has 0 aromatic heterocycles. The molecule has 10 heteroatoms. The molecule has 1 aliphatic heterocycles. The molecule has 1 aliphatic rings. The third-order valence-electron chi connectivity index (χ3n) is 7.98. The fraction of sp³-hybridized carbons (Fsp3) is 0.143. The zero-order valence-electron chi connectivity index (χ0n) is 26.5. The lowest BCUT2D eigenvalue weighted by Crippen LogP contribution is -2.61. The molecule has 5 aromatic carbocycles. The Morgan fingerprint density at radius 1 is 0.244 bits per heavy atom. The number of benzene rings is 5. The molecule has 230 valence electrons. The first kappa shape index (κ1) is 31.9. The minimum atomic E-state index is -2.50. The minimum Gasteiger partial charge on any atom is -0.413 e. The first-order chi connectivity index (χ1) is 21.8. The van der Waals surface area contributed by atoms with E-state index in [0.717, 1.165) is 25.9 Å². The van der Waals surface area contributed by atoms with E-state index in [1.54, 1.807) is 0 Å². The van der Waals surface area contributed by atoms with E-state index in [1.165, 1.54) is 27.8 Å². The first-order valence-electron chi connectivity index (χ1n) is 15.4. The molecule has 0 spiro atoms. The summed E-state index contributed by atoms with van der Waals surface area (Å²) in [5.74, 6) is 0. The SMILES string of the molecule is Cc1ccc([SiH]2O[SiH](c3ccc(C)cc3)O[SiH](c3ccc(C)cc3)O[SiH](c3ccc(C)cc3)O[SiH](c3ccc(C)cc3)O2)cc1. The Kier molecular flexibility index (Phi) is 10.4. The van der Waals surface area contributed by atoms with Gasteiger partial charge in [0.2, 0.25) is 0 Å². The topological polar surface area (TPSA) is 46.2 Å². The van der Waals surface area contributed by atoms with Gasteiger partial charge in [-0.3, -0.25) is 0 Å².